The second kappa shape index (κ2) is 7.86. The molecule has 3 atom stereocenters. The Bertz CT molecular complexity index is 1040. The number of morpholine rings is 1. The van der Waals surface area contributed by atoms with Gasteiger partial charge in [0.05, 0.1) is 31.0 Å². The number of nitrogen functional groups attached to an aromatic ring is 1. The van der Waals surface area contributed by atoms with Crippen LogP contribution in [-0.4, -0.2) is 65.4 Å². The van der Waals surface area contributed by atoms with Gasteiger partial charge in [-0.05, 0) is 25.8 Å². The summed E-state index contributed by atoms with van der Waals surface area (Å²) in [5.41, 5.74) is 4.85. The van der Waals surface area contributed by atoms with E-state index in [0.717, 1.165) is 18.9 Å². The van der Waals surface area contributed by atoms with E-state index in [-0.39, 0.29) is 30.1 Å². The van der Waals surface area contributed by atoms with Crippen LogP contribution in [0.2, 0.25) is 0 Å². The van der Waals surface area contributed by atoms with Crippen molar-refractivity contribution < 1.29 is 27.0 Å². The number of piperidine rings is 1. The Morgan fingerprint density at radius 3 is 2.67 bits per heavy atom. The number of aromatic nitrogens is 3. The van der Waals surface area contributed by atoms with Crippen LogP contribution in [0.25, 0.3) is 11.3 Å². The first kappa shape index (κ1) is 21.9. The van der Waals surface area contributed by atoms with Crippen LogP contribution in [-0.2, 0) is 4.74 Å². The number of rotatable bonds is 4. The summed E-state index contributed by atoms with van der Waals surface area (Å²) in [5, 5.41) is 0. The Labute approximate surface area is 187 Å². The molecule has 4 fully saturated rings. The van der Waals surface area contributed by atoms with Gasteiger partial charge in [0, 0.05) is 37.3 Å². The number of nitrogens with zero attached hydrogens (tertiary/aromatic N) is 5. The minimum Gasteiger partial charge on any atom is -0.402 e. The van der Waals surface area contributed by atoms with E-state index >= 15 is 0 Å². The van der Waals surface area contributed by atoms with E-state index < -0.39 is 17.8 Å². The Kier molecular flexibility index (Phi) is 5.22. The van der Waals surface area contributed by atoms with Crippen molar-refractivity contribution in [3.63, 3.8) is 0 Å². The molecule has 8 nitrogen and oxygen atoms in total. The second-order valence-corrected chi connectivity index (χ2v) is 8.99. The van der Waals surface area contributed by atoms with Crippen LogP contribution in [0, 0.1) is 0 Å². The Balaban J connectivity index is 1.55. The van der Waals surface area contributed by atoms with Crippen LogP contribution in [0.15, 0.2) is 18.3 Å². The molecule has 0 aromatic carbocycles. The van der Waals surface area contributed by atoms with E-state index in [1.165, 1.54) is 13.1 Å². The zero-order valence-electron chi connectivity index (χ0n) is 18.0. The largest absolute Gasteiger partial charge is 0.573 e. The third kappa shape index (κ3) is 4.61. The van der Waals surface area contributed by atoms with Gasteiger partial charge in [-0.15, -0.1) is 13.2 Å². The van der Waals surface area contributed by atoms with Crippen LogP contribution in [0.1, 0.15) is 26.2 Å². The molecule has 12 heteroatoms. The Hall–Kier alpha value is -2.89. The van der Waals surface area contributed by atoms with Gasteiger partial charge in [-0.2, -0.15) is 4.98 Å². The molecule has 0 spiro atoms. The summed E-state index contributed by atoms with van der Waals surface area (Å²) in [4.78, 5) is 17.0. The van der Waals surface area contributed by atoms with Crippen molar-refractivity contribution in [1.29, 1.82) is 0 Å². The third-order valence-corrected chi connectivity index (χ3v) is 6.29. The smallest absolute Gasteiger partial charge is 0.402 e. The fourth-order valence-electron chi connectivity index (χ4n) is 4.59. The normalized spacial score (nSPS) is 27.3. The van der Waals surface area contributed by atoms with Crippen LogP contribution in [0.5, 0.6) is 5.75 Å². The summed E-state index contributed by atoms with van der Waals surface area (Å²) < 4.78 is 62.7. The average molecular weight is 468 g/mol. The van der Waals surface area contributed by atoms with Gasteiger partial charge >= 0.3 is 6.36 Å². The van der Waals surface area contributed by atoms with E-state index in [1.54, 1.807) is 11.0 Å². The van der Waals surface area contributed by atoms with E-state index in [9.17, 15) is 17.6 Å². The lowest BCUT2D eigenvalue weighted by molar-refractivity contribution is -0.274. The van der Waals surface area contributed by atoms with E-state index in [0.29, 0.717) is 43.6 Å². The minimum absolute atomic E-state index is 0.0998. The van der Waals surface area contributed by atoms with Crippen molar-refractivity contribution >= 4 is 17.6 Å². The lowest BCUT2D eigenvalue weighted by atomic mass is 9.97. The molecule has 0 saturated carbocycles. The van der Waals surface area contributed by atoms with Crippen LogP contribution in [0.3, 0.4) is 0 Å². The maximum Gasteiger partial charge on any atom is 0.573 e. The SMILES string of the molecule is CC1(F)CCN(c2nc(-c3cnc(N)c(OC(F)(F)F)c3)cc(N3C[C@@H]4CC[C@H]3CO4)n2)C1. The molecule has 33 heavy (non-hydrogen) atoms. The molecule has 2 aromatic rings. The number of hydrogen-bond donors (Lipinski definition) is 1. The highest BCUT2D eigenvalue weighted by Crippen LogP contribution is 2.36. The molecule has 4 saturated heterocycles. The van der Waals surface area contributed by atoms with Gasteiger partial charge in [0.2, 0.25) is 5.95 Å². The maximum atomic E-state index is 14.5. The van der Waals surface area contributed by atoms with Gasteiger partial charge < -0.3 is 25.0 Å². The van der Waals surface area contributed by atoms with Crippen LogP contribution < -0.4 is 20.3 Å². The molecule has 0 radical (unpaired) electrons. The predicted octanol–water partition coefficient (Wildman–Crippen LogP) is 3.33. The van der Waals surface area contributed by atoms with Crippen molar-refractivity contribution in [1.82, 2.24) is 15.0 Å². The number of alkyl halides is 4. The number of ether oxygens (including phenoxy) is 2. The summed E-state index contributed by atoms with van der Waals surface area (Å²) in [5.74, 6) is -0.0506. The summed E-state index contributed by atoms with van der Waals surface area (Å²) in [6.07, 6.45) is -1.21. The zero-order chi connectivity index (χ0) is 23.4. The number of hydrogen-bond acceptors (Lipinski definition) is 8. The summed E-state index contributed by atoms with van der Waals surface area (Å²) in [6, 6.07) is 3.00. The molecule has 2 N–H and O–H groups in total. The monoisotopic (exact) mass is 468 g/mol. The standard InChI is InChI=1S/C21H24F4N6O2/c1-20(22)4-5-30(11-20)19-28-15(12-6-16(18(26)27-8-12)33-21(23,24)25)7-17(29-19)31-9-14-3-2-13(31)10-32-14/h6-8,13-14H,2-5,9-11H2,1H3,(H2,26,27)/t13-,14-,20?/m0/s1. The van der Waals surface area contributed by atoms with Crippen LogP contribution >= 0.6 is 0 Å². The fourth-order valence-corrected chi connectivity index (χ4v) is 4.59. The number of anilines is 3. The molecule has 0 amide bonds. The van der Waals surface area contributed by atoms with E-state index in [2.05, 4.69) is 19.6 Å². The molecule has 6 heterocycles. The van der Waals surface area contributed by atoms with E-state index in [4.69, 9.17) is 15.5 Å². The first-order valence-corrected chi connectivity index (χ1v) is 10.8. The van der Waals surface area contributed by atoms with Crippen molar-refractivity contribution in [2.45, 2.75) is 50.4 Å². The summed E-state index contributed by atoms with van der Waals surface area (Å²) in [6.45, 7) is 3.34. The molecule has 1 unspecified atom stereocenters. The quantitative estimate of drug-likeness (QED) is 0.684. The number of nitrogens with two attached hydrogens (primary N) is 1. The second-order valence-electron chi connectivity index (χ2n) is 8.99. The molecular formula is C21H24F4N6O2. The van der Waals surface area contributed by atoms with Crippen molar-refractivity contribution in [3.8, 4) is 17.0 Å². The lowest BCUT2D eigenvalue weighted by Crippen LogP contribution is -2.55. The topological polar surface area (TPSA) is 89.6 Å². The van der Waals surface area contributed by atoms with Gasteiger partial charge in [-0.25, -0.2) is 14.4 Å². The fraction of sp³-hybridized carbons (Fsp3) is 0.571. The predicted molar refractivity (Wildman–Crippen MR) is 113 cm³/mol. The molecule has 4 aliphatic heterocycles. The number of pyridine rings is 1. The molecule has 4 aliphatic rings. The highest BCUT2D eigenvalue weighted by atomic mass is 19.4. The molecule has 178 valence electrons. The molecule has 0 aliphatic carbocycles. The number of fused-ring (bicyclic) bond motifs is 3. The minimum atomic E-state index is -4.91. The van der Waals surface area contributed by atoms with Crippen molar-refractivity contribution in [2.75, 3.05) is 41.8 Å². The first-order chi connectivity index (χ1) is 15.6. The average Bonchev–Trinajstić information content (AvgIpc) is 3.14. The zero-order valence-corrected chi connectivity index (χ0v) is 18.0. The van der Waals surface area contributed by atoms with Crippen molar-refractivity contribution in [2.24, 2.45) is 0 Å². The van der Waals surface area contributed by atoms with Gasteiger partial charge in [0.15, 0.2) is 11.6 Å². The van der Waals surface area contributed by atoms with Gasteiger partial charge in [0.25, 0.3) is 0 Å². The highest BCUT2D eigenvalue weighted by molar-refractivity contribution is 5.68. The Morgan fingerprint density at radius 1 is 1.24 bits per heavy atom. The van der Waals surface area contributed by atoms with Gasteiger partial charge in [-0.1, -0.05) is 0 Å². The lowest BCUT2D eigenvalue weighted by Gasteiger charge is -2.45. The summed E-state index contributed by atoms with van der Waals surface area (Å²) >= 11 is 0. The first-order valence-electron chi connectivity index (χ1n) is 10.8. The van der Waals surface area contributed by atoms with Crippen molar-refractivity contribution in [3.05, 3.63) is 18.3 Å². The highest BCUT2D eigenvalue weighted by Gasteiger charge is 2.38. The number of halogens is 4. The molecule has 6 rings (SSSR count). The molecule has 2 aromatic heterocycles. The van der Waals surface area contributed by atoms with E-state index in [1.807, 2.05) is 0 Å². The van der Waals surface area contributed by atoms with Gasteiger partial charge in [0.1, 0.15) is 11.5 Å². The third-order valence-electron chi connectivity index (χ3n) is 6.29. The maximum absolute atomic E-state index is 14.5. The Morgan fingerprint density at radius 2 is 2.06 bits per heavy atom. The van der Waals surface area contributed by atoms with Crippen LogP contribution in [0.4, 0.5) is 35.1 Å². The van der Waals surface area contributed by atoms with Gasteiger partial charge in [-0.3, -0.25) is 0 Å². The molecule has 2 bridgehead atoms. The molecular weight excluding hydrogens is 444 g/mol. The summed E-state index contributed by atoms with van der Waals surface area (Å²) in [7, 11) is 0.